The van der Waals surface area contributed by atoms with Crippen LogP contribution in [0.1, 0.15) is 6.92 Å². The molecule has 0 aromatic heterocycles. The van der Waals surface area contributed by atoms with Gasteiger partial charge in [-0.15, -0.1) is 0 Å². The van der Waals surface area contributed by atoms with Crippen molar-refractivity contribution in [2.45, 2.75) is 13.0 Å². The summed E-state index contributed by atoms with van der Waals surface area (Å²) in [7, 11) is 0. The molecular weight excluding hydrogens is 268 g/mol. The van der Waals surface area contributed by atoms with Crippen LogP contribution in [-0.4, -0.2) is 23.1 Å². The molecule has 0 saturated heterocycles. The molecule has 108 valence electrons. The summed E-state index contributed by atoms with van der Waals surface area (Å²) in [6.45, 7) is 1.42. The Bertz CT molecular complexity index is 574. The van der Waals surface area contributed by atoms with Gasteiger partial charge in [-0.25, -0.2) is 4.79 Å². The predicted molar refractivity (Wildman–Crippen MR) is 80.7 cm³/mol. The third kappa shape index (κ3) is 3.60. The molecule has 2 amide bonds. The molecule has 0 aliphatic carbocycles. The van der Waals surface area contributed by atoms with Crippen LogP contribution in [0.3, 0.4) is 0 Å². The fourth-order valence-electron chi connectivity index (χ4n) is 1.85. The molecule has 5 heteroatoms. The summed E-state index contributed by atoms with van der Waals surface area (Å²) in [5, 5.41) is 11.4. The summed E-state index contributed by atoms with van der Waals surface area (Å²) in [6.07, 6.45) is 0. The van der Waals surface area contributed by atoms with Crippen LogP contribution in [-0.2, 0) is 4.79 Å². The van der Waals surface area contributed by atoms with Crippen molar-refractivity contribution in [1.29, 1.82) is 0 Å². The highest BCUT2D eigenvalue weighted by Gasteiger charge is 2.21. The van der Waals surface area contributed by atoms with Crippen LogP contribution >= 0.6 is 0 Å². The molecule has 0 saturated carbocycles. The third-order valence-electron chi connectivity index (χ3n) is 2.94. The zero-order valence-electron chi connectivity index (χ0n) is 11.6. The van der Waals surface area contributed by atoms with Crippen LogP contribution in [0, 0.1) is 0 Å². The lowest BCUT2D eigenvalue weighted by Gasteiger charge is -2.24. The van der Waals surface area contributed by atoms with E-state index >= 15 is 0 Å². The van der Waals surface area contributed by atoms with E-state index in [1.807, 2.05) is 36.4 Å². The molecule has 0 spiro atoms. The SMILES string of the molecule is CC(NC(=O)N(c1ccccc1)c1ccccc1)C(=O)O. The van der Waals surface area contributed by atoms with Crippen molar-refractivity contribution in [2.75, 3.05) is 4.90 Å². The van der Waals surface area contributed by atoms with Crippen LogP contribution in [0.5, 0.6) is 0 Å². The maximum absolute atomic E-state index is 12.4. The van der Waals surface area contributed by atoms with Crippen molar-refractivity contribution >= 4 is 23.4 Å². The van der Waals surface area contributed by atoms with Crippen LogP contribution in [0.4, 0.5) is 16.2 Å². The second-order valence-electron chi connectivity index (χ2n) is 4.52. The van der Waals surface area contributed by atoms with Gasteiger partial charge in [-0.05, 0) is 31.2 Å². The number of benzene rings is 2. The van der Waals surface area contributed by atoms with Gasteiger partial charge in [0.15, 0.2) is 0 Å². The molecule has 0 bridgehead atoms. The number of anilines is 2. The predicted octanol–water partition coefficient (Wildman–Crippen LogP) is 3.01. The minimum absolute atomic E-state index is 0.484. The zero-order chi connectivity index (χ0) is 15.2. The van der Waals surface area contributed by atoms with Gasteiger partial charge in [0.1, 0.15) is 6.04 Å². The highest BCUT2D eigenvalue weighted by atomic mass is 16.4. The van der Waals surface area contributed by atoms with Gasteiger partial charge >= 0.3 is 12.0 Å². The van der Waals surface area contributed by atoms with Crippen molar-refractivity contribution in [1.82, 2.24) is 5.32 Å². The van der Waals surface area contributed by atoms with Crippen molar-refractivity contribution in [3.8, 4) is 0 Å². The number of rotatable bonds is 4. The standard InChI is InChI=1S/C16H16N2O3/c1-12(15(19)20)17-16(21)18(13-8-4-2-5-9-13)14-10-6-3-7-11-14/h2-12H,1H3,(H,17,21)(H,19,20). The summed E-state index contributed by atoms with van der Waals surface area (Å²) >= 11 is 0. The molecule has 0 fully saturated rings. The molecule has 5 nitrogen and oxygen atoms in total. The Balaban J connectivity index is 2.33. The fourth-order valence-corrected chi connectivity index (χ4v) is 1.85. The van der Waals surface area contributed by atoms with Gasteiger partial charge in [-0.3, -0.25) is 9.69 Å². The van der Waals surface area contributed by atoms with E-state index in [1.54, 1.807) is 24.3 Å². The van der Waals surface area contributed by atoms with E-state index in [2.05, 4.69) is 5.32 Å². The van der Waals surface area contributed by atoms with Crippen molar-refractivity contribution in [2.24, 2.45) is 0 Å². The smallest absolute Gasteiger partial charge is 0.327 e. The Labute approximate surface area is 122 Å². The highest BCUT2D eigenvalue weighted by molar-refractivity contribution is 6.00. The molecule has 2 aromatic rings. The van der Waals surface area contributed by atoms with Gasteiger partial charge in [0.05, 0.1) is 11.4 Å². The number of hydrogen-bond donors (Lipinski definition) is 2. The molecule has 1 unspecified atom stereocenters. The van der Waals surface area contributed by atoms with E-state index in [0.717, 1.165) is 0 Å². The number of nitrogens with one attached hydrogen (secondary N) is 1. The first-order valence-electron chi connectivity index (χ1n) is 6.53. The van der Waals surface area contributed by atoms with Crippen molar-refractivity contribution in [3.05, 3.63) is 60.7 Å². The number of aliphatic carboxylic acids is 1. The maximum Gasteiger partial charge on any atom is 0.327 e. The van der Waals surface area contributed by atoms with Gasteiger partial charge in [0.2, 0.25) is 0 Å². The number of hydrogen-bond acceptors (Lipinski definition) is 2. The van der Waals surface area contributed by atoms with Gasteiger partial charge < -0.3 is 10.4 Å². The molecule has 2 N–H and O–H groups in total. The number of nitrogens with zero attached hydrogens (tertiary/aromatic N) is 1. The minimum Gasteiger partial charge on any atom is -0.480 e. The normalized spacial score (nSPS) is 11.5. The summed E-state index contributed by atoms with van der Waals surface area (Å²) in [5.41, 5.74) is 1.33. The van der Waals surface area contributed by atoms with E-state index in [9.17, 15) is 9.59 Å². The molecule has 21 heavy (non-hydrogen) atoms. The Morgan fingerprint density at radius 1 is 0.952 bits per heavy atom. The largest absolute Gasteiger partial charge is 0.480 e. The lowest BCUT2D eigenvalue weighted by atomic mass is 10.2. The average Bonchev–Trinajstić information content (AvgIpc) is 2.49. The van der Waals surface area contributed by atoms with E-state index in [4.69, 9.17) is 5.11 Å². The van der Waals surface area contributed by atoms with E-state index in [1.165, 1.54) is 11.8 Å². The van der Waals surface area contributed by atoms with Crippen molar-refractivity contribution < 1.29 is 14.7 Å². The lowest BCUT2D eigenvalue weighted by molar-refractivity contribution is -0.138. The Morgan fingerprint density at radius 2 is 1.38 bits per heavy atom. The minimum atomic E-state index is -1.08. The zero-order valence-corrected chi connectivity index (χ0v) is 11.6. The second-order valence-corrected chi connectivity index (χ2v) is 4.52. The summed E-state index contributed by atoms with van der Waals surface area (Å²) < 4.78 is 0. The van der Waals surface area contributed by atoms with E-state index < -0.39 is 18.0 Å². The molecule has 0 aliphatic heterocycles. The molecule has 2 aromatic carbocycles. The average molecular weight is 284 g/mol. The summed E-state index contributed by atoms with van der Waals surface area (Å²) in [4.78, 5) is 24.8. The summed E-state index contributed by atoms with van der Waals surface area (Å²) in [6, 6.07) is 16.7. The summed E-state index contributed by atoms with van der Waals surface area (Å²) in [5.74, 6) is -1.08. The van der Waals surface area contributed by atoms with Crippen LogP contribution < -0.4 is 10.2 Å². The van der Waals surface area contributed by atoms with Gasteiger partial charge in [-0.1, -0.05) is 36.4 Å². The van der Waals surface area contributed by atoms with E-state index in [-0.39, 0.29) is 0 Å². The van der Waals surface area contributed by atoms with Gasteiger partial charge in [-0.2, -0.15) is 0 Å². The second kappa shape index (κ2) is 6.56. The number of carboxylic acid groups (broad SMARTS) is 1. The molecular formula is C16H16N2O3. The maximum atomic E-state index is 12.4. The van der Waals surface area contributed by atoms with Gasteiger partial charge in [0.25, 0.3) is 0 Å². The molecule has 1 atom stereocenters. The fraction of sp³-hybridized carbons (Fsp3) is 0.125. The lowest BCUT2D eigenvalue weighted by Crippen LogP contribution is -2.45. The Hall–Kier alpha value is -2.82. The highest BCUT2D eigenvalue weighted by Crippen LogP contribution is 2.24. The number of urea groups is 1. The van der Waals surface area contributed by atoms with Crippen LogP contribution in [0.25, 0.3) is 0 Å². The third-order valence-corrected chi connectivity index (χ3v) is 2.94. The van der Waals surface area contributed by atoms with Crippen molar-refractivity contribution in [3.63, 3.8) is 0 Å². The van der Waals surface area contributed by atoms with Crippen LogP contribution in [0.15, 0.2) is 60.7 Å². The number of amides is 2. The molecule has 2 rings (SSSR count). The first-order chi connectivity index (χ1) is 10.1. The monoisotopic (exact) mass is 284 g/mol. The van der Waals surface area contributed by atoms with Gasteiger partial charge in [0, 0.05) is 0 Å². The topological polar surface area (TPSA) is 69.6 Å². The molecule has 0 aliphatic rings. The number of para-hydroxylation sites is 2. The quantitative estimate of drug-likeness (QED) is 0.906. The first kappa shape index (κ1) is 14.6. The van der Waals surface area contributed by atoms with Crippen LogP contribution in [0.2, 0.25) is 0 Å². The first-order valence-corrected chi connectivity index (χ1v) is 6.53. The number of carbonyl (C=O) groups is 2. The van der Waals surface area contributed by atoms with E-state index in [0.29, 0.717) is 11.4 Å². The number of carboxylic acids is 1. The Kier molecular flexibility index (Phi) is 4.56. The number of carbonyl (C=O) groups excluding carboxylic acids is 1. The molecule has 0 heterocycles. The molecule has 0 radical (unpaired) electrons. The Morgan fingerprint density at radius 3 is 1.76 bits per heavy atom.